The monoisotopic (exact) mass is 499 g/mol. The summed E-state index contributed by atoms with van der Waals surface area (Å²) in [5.74, 6) is -1.62. The molecule has 0 radical (unpaired) electrons. The molecule has 0 atom stereocenters. The van der Waals surface area contributed by atoms with Gasteiger partial charge in [-0.2, -0.15) is 22.5 Å². The van der Waals surface area contributed by atoms with Crippen LogP contribution in [0, 0.1) is 11.6 Å². The lowest BCUT2D eigenvalue weighted by atomic mass is 10.2. The van der Waals surface area contributed by atoms with Gasteiger partial charge in [0, 0.05) is 39.3 Å². The molecule has 2 aromatic rings. The number of benzene rings is 1. The van der Waals surface area contributed by atoms with Gasteiger partial charge in [0.05, 0.1) is 25.1 Å². The summed E-state index contributed by atoms with van der Waals surface area (Å²) in [6.45, 7) is 0.906. The fourth-order valence-corrected chi connectivity index (χ4v) is 5.34. The van der Waals surface area contributed by atoms with Crippen LogP contribution in [0.4, 0.5) is 14.5 Å². The highest BCUT2D eigenvalue weighted by Gasteiger charge is 2.33. The summed E-state index contributed by atoms with van der Waals surface area (Å²) in [6, 6.07) is 2.76. The third-order valence-corrected chi connectivity index (χ3v) is 7.90. The van der Waals surface area contributed by atoms with Crippen molar-refractivity contribution in [3.8, 4) is 11.4 Å². The smallest absolute Gasteiger partial charge is 0.316 e. The van der Waals surface area contributed by atoms with Crippen LogP contribution in [0.15, 0.2) is 29.2 Å². The Morgan fingerprint density at radius 1 is 1.06 bits per heavy atom. The molecule has 1 aromatic heterocycles. The molecule has 2 aliphatic rings. The van der Waals surface area contributed by atoms with E-state index >= 15 is 0 Å². The van der Waals surface area contributed by atoms with Crippen molar-refractivity contribution < 1.29 is 26.8 Å². The van der Waals surface area contributed by atoms with E-state index in [1.165, 1.54) is 24.7 Å². The molecule has 0 N–H and O–H groups in total. The van der Waals surface area contributed by atoms with E-state index in [2.05, 4.69) is 5.10 Å². The minimum atomic E-state index is -3.77. The standard InChI is InChI=1S/C21H27F2N5O5S/c1-25(32-2)34(30,31)27-9-7-26(8-10-27)19-14-24-28(17-12-15(22)11-16(23)13-17)21(29)20(19)33-18-5-3-4-6-18/h11-14,18H,3-10H2,1-2H3. The van der Waals surface area contributed by atoms with E-state index in [4.69, 9.17) is 9.57 Å². The first-order valence-electron chi connectivity index (χ1n) is 11.0. The summed E-state index contributed by atoms with van der Waals surface area (Å²) >= 11 is 0. The van der Waals surface area contributed by atoms with Crippen molar-refractivity contribution >= 4 is 15.9 Å². The van der Waals surface area contributed by atoms with Crippen molar-refractivity contribution in [1.29, 1.82) is 0 Å². The van der Waals surface area contributed by atoms with Gasteiger partial charge in [0.25, 0.3) is 0 Å². The Bertz CT molecular complexity index is 1170. The topological polar surface area (TPSA) is 97.2 Å². The van der Waals surface area contributed by atoms with Crippen molar-refractivity contribution in [1.82, 2.24) is 18.6 Å². The van der Waals surface area contributed by atoms with Crippen LogP contribution in [0.5, 0.6) is 5.75 Å². The van der Waals surface area contributed by atoms with E-state index in [1.54, 1.807) is 0 Å². The molecule has 0 amide bonds. The van der Waals surface area contributed by atoms with E-state index in [0.717, 1.165) is 47.0 Å². The van der Waals surface area contributed by atoms with Crippen LogP contribution in [0.2, 0.25) is 0 Å². The molecular weight excluding hydrogens is 472 g/mol. The van der Waals surface area contributed by atoms with Gasteiger partial charge in [-0.15, -0.1) is 0 Å². The first kappa shape index (κ1) is 24.5. The summed E-state index contributed by atoms with van der Waals surface area (Å²) in [7, 11) is -1.19. The highest BCUT2D eigenvalue weighted by molar-refractivity contribution is 7.86. The molecule has 0 bridgehead atoms. The van der Waals surface area contributed by atoms with Crippen LogP contribution in [-0.2, 0) is 15.0 Å². The second-order valence-corrected chi connectivity index (χ2v) is 10.1. The number of halogens is 2. The van der Waals surface area contributed by atoms with Crippen LogP contribution < -0.4 is 15.2 Å². The highest BCUT2D eigenvalue weighted by atomic mass is 32.2. The SMILES string of the molecule is CON(C)S(=O)(=O)N1CCN(c2cnn(-c3cc(F)cc(F)c3)c(=O)c2OC2CCCC2)CC1. The lowest BCUT2D eigenvalue weighted by Gasteiger charge is -2.36. The molecule has 186 valence electrons. The molecule has 1 saturated carbocycles. The van der Waals surface area contributed by atoms with Crippen molar-refractivity contribution in [3.63, 3.8) is 0 Å². The first-order valence-corrected chi connectivity index (χ1v) is 12.4. The van der Waals surface area contributed by atoms with Gasteiger partial charge in [0.2, 0.25) is 5.75 Å². The van der Waals surface area contributed by atoms with Crippen molar-refractivity contribution in [2.24, 2.45) is 0 Å². The molecule has 2 heterocycles. The van der Waals surface area contributed by atoms with E-state index in [0.29, 0.717) is 11.8 Å². The molecule has 10 nitrogen and oxygen atoms in total. The van der Waals surface area contributed by atoms with Gasteiger partial charge in [0.15, 0.2) is 0 Å². The summed E-state index contributed by atoms with van der Waals surface area (Å²) in [4.78, 5) is 20.0. The first-order chi connectivity index (χ1) is 16.2. The molecule has 1 aliphatic heterocycles. The maximum absolute atomic E-state index is 13.8. The summed E-state index contributed by atoms with van der Waals surface area (Å²) in [5.41, 5.74) is -0.269. The van der Waals surface area contributed by atoms with Gasteiger partial charge in [-0.3, -0.25) is 9.63 Å². The average Bonchev–Trinajstić information content (AvgIpc) is 3.32. The van der Waals surface area contributed by atoms with Crippen LogP contribution in [0.25, 0.3) is 5.69 Å². The van der Waals surface area contributed by atoms with Crippen molar-refractivity contribution in [3.05, 3.63) is 46.4 Å². The molecule has 13 heteroatoms. The van der Waals surface area contributed by atoms with E-state index in [1.807, 2.05) is 4.90 Å². The highest BCUT2D eigenvalue weighted by Crippen LogP contribution is 2.30. The zero-order chi connectivity index (χ0) is 24.5. The number of nitrogens with zero attached hydrogens (tertiary/aromatic N) is 5. The normalized spacial score (nSPS) is 18.1. The fourth-order valence-electron chi connectivity index (χ4n) is 4.20. The maximum atomic E-state index is 13.8. The minimum Gasteiger partial charge on any atom is -0.483 e. The molecule has 1 aliphatic carbocycles. The van der Waals surface area contributed by atoms with Gasteiger partial charge >= 0.3 is 15.8 Å². The molecule has 0 spiro atoms. The number of hydrogen-bond acceptors (Lipinski definition) is 7. The molecule has 1 aromatic carbocycles. The van der Waals surface area contributed by atoms with Crippen LogP contribution >= 0.6 is 0 Å². The van der Waals surface area contributed by atoms with E-state index in [9.17, 15) is 22.0 Å². The van der Waals surface area contributed by atoms with Crippen molar-refractivity contribution in [2.75, 3.05) is 45.2 Å². The predicted molar refractivity (Wildman–Crippen MR) is 120 cm³/mol. The van der Waals surface area contributed by atoms with E-state index in [-0.39, 0.29) is 43.7 Å². The summed E-state index contributed by atoms with van der Waals surface area (Å²) < 4.78 is 61.7. The van der Waals surface area contributed by atoms with Gasteiger partial charge < -0.3 is 9.64 Å². The number of hydrogen-bond donors (Lipinski definition) is 0. The number of aromatic nitrogens is 2. The Morgan fingerprint density at radius 2 is 1.68 bits per heavy atom. The molecule has 2 fully saturated rings. The Morgan fingerprint density at radius 3 is 2.26 bits per heavy atom. The fraction of sp³-hybridized carbons (Fsp3) is 0.524. The average molecular weight is 500 g/mol. The zero-order valence-electron chi connectivity index (χ0n) is 19.0. The second kappa shape index (κ2) is 9.94. The number of ether oxygens (including phenoxy) is 1. The molecular formula is C21H27F2N5O5S. The third kappa shape index (κ3) is 4.92. The minimum absolute atomic E-state index is 0.0388. The lowest BCUT2D eigenvalue weighted by Crippen LogP contribution is -2.52. The number of piperazine rings is 1. The van der Waals surface area contributed by atoms with Crippen molar-refractivity contribution in [2.45, 2.75) is 31.8 Å². The quantitative estimate of drug-likeness (QED) is 0.535. The Labute approximate surface area is 196 Å². The van der Waals surface area contributed by atoms with Gasteiger partial charge in [0.1, 0.15) is 17.3 Å². The second-order valence-electron chi connectivity index (χ2n) is 8.21. The molecule has 34 heavy (non-hydrogen) atoms. The largest absolute Gasteiger partial charge is 0.483 e. The van der Waals surface area contributed by atoms with Gasteiger partial charge in [-0.05, 0) is 37.8 Å². The Balaban J connectivity index is 1.66. The third-order valence-electron chi connectivity index (χ3n) is 6.08. The summed E-state index contributed by atoms with van der Waals surface area (Å²) in [5, 5.41) is 4.14. The van der Waals surface area contributed by atoms with Gasteiger partial charge in [-0.25, -0.2) is 8.78 Å². The van der Waals surface area contributed by atoms with Crippen LogP contribution in [-0.4, -0.2) is 73.4 Å². The number of hydroxylamine groups is 1. The van der Waals surface area contributed by atoms with Crippen LogP contribution in [0.1, 0.15) is 25.7 Å². The molecule has 1 saturated heterocycles. The lowest BCUT2D eigenvalue weighted by molar-refractivity contribution is -0.0318. The molecule has 4 rings (SSSR count). The Kier molecular flexibility index (Phi) is 7.17. The Hall–Kier alpha value is -2.61. The number of rotatable bonds is 7. The van der Waals surface area contributed by atoms with E-state index < -0.39 is 27.4 Å². The maximum Gasteiger partial charge on any atom is 0.316 e. The van der Waals surface area contributed by atoms with Gasteiger partial charge in [-0.1, -0.05) is 4.47 Å². The summed E-state index contributed by atoms with van der Waals surface area (Å²) in [6.07, 6.45) is 4.83. The predicted octanol–water partition coefficient (Wildman–Crippen LogP) is 1.69. The zero-order valence-corrected chi connectivity index (χ0v) is 19.8. The van der Waals surface area contributed by atoms with Crippen LogP contribution in [0.3, 0.4) is 0 Å². The molecule has 0 unspecified atom stereocenters. The number of anilines is 1.